The lowest BCUT2D eigenvalue weighted by Crippen LogP contribution is -2.21. The zero-order valence-electron chi connectivity index (χ0n) is 8.40. The second-order valence-corrected chi connectivity index (χ2v) is 4.87. The van der Waals surface area contributed by atoms with E-state index in [4.69, 9.17) is 5.73 Å². The highest BCUT2D eigenvalue weighted by molar-refractivity contribution is 8.00. The minimum atomic E-state index is 0.312. The van der Waals surface area contributed by atoms with Crippen molar-refractivity contribution in [3.63, 3.8) is 0 Å². The van der Waals surface area contributed by atoms with E-state index in [1.807, 2.05) is 11.8 Å². The second kappa shape index (κ2) is 3.73. The largest absolute Gasteiger partial charge is 0.368 e. The first-order chi connectivity index (χ1) is 6.66. The molecule has 5 heteroatoms. The first kappa shape index (κ1) is 9.71. The average molecular weight is 210 g/mol. The first-order valence-corrected chi connectivity index (χ1v) is 5.91. The van der Waals surface area contributed by atoms with E-state index in [1.54, 1.807) is 0 Å². The van der Waals surface area contributed by atoms with Crippen LogP contribution in [0.4, 0.5) is 5.95 Å². The molecule has 0 aromatic carbocycles. The normalized spacial score (nSPS) is 17.1. The van der Waals surface area contributed by atoms with Crippen molar-refractivity contribution in [1.82, 2.24) is 15.0 Å². The second-order valence-electron chi connectivity index (χ2n) is 3.80. The molecule has 0 amide bonds. The Morgan fingerprint density at radius 3 is 2.50 bits per heavy atom. The Bertz CT molecular complexity index is 336. The highest BCUT2D eigenvalue weighted by Crippen LogP contribution is 2.32. The van der Waals surface area contributed by atoms with Crippen molar-refractivity contribution >= 4 is 17.7 Å². The third-order valence-electron chi connectivity index (χ3n) is 2.21. The van der Waals surface area contributed by atoms with Gasteiger partial charge in [-0.1, -0.05) is 13.8 Å². The SMILES string of the molecule is CC(C)c1nc(N)nc(C2CSC2)n1. The summed E-state index contributed by atoms with van der Waals surface area (Å²) in [6.45, 7) is 4.13. The van der Waals surface area contributed by atoms with Gasteiger partial charge in [-0.2, -0.15) is 21.7 Å². The lowest BCUT2D eigenvalue weighted by molar-refractivity contribution is 0.694. The predicted molar refractivity (Wildman–Crippen MR) is 58.4 cm³/mol. The third-order valence-corrected chi connectivity index (χ3v) is 3.48. The molecule has 14 heavy (non-hydrogen) atoms. The third kappa shape index (κ3) is 1.82. The fourth-order valence-corrected chi connectivity index (χ4v) is 2.02. The fourth-order valence-electron chi connectivity index (χ4n) is 1.25. The summed E-state index contributed by atoms with van der Waals surface area (Å²) in [4.78, 5) is 12.7. The van der Waals surface area contributed by atoms with Crippen molar-refractivity contribution in [1.29, 1.82) is 0 Å². The van der Waals surface area contributed by atoms with Gasteiger partial charge in [0.25, 0.3) is 0 Å². The van der Waals surface area contributed by atoms with Gasteiger partial charge in [-0.15, -0.1) is 0 Å². The summed E-state index contributed by atoms with van der Waals surface area (Å²) in [5.74, 6) is 5.07. The number of aromatic nitrogens is 3. The standard InChI is InChI=1S/C9H14N4S/c1-5(2)7-11-8(6-3-14-4-6)13-9(10)12-7/h5-6H,3-4H2,1-2H3,(H2,10,11,12,13). The van der Waals surface area contributed by atoms with E-state index in [-0.39, 0.29) is 0 Å². The summed E-state index contributed by atoms with van der Waals surface area (Å²) >= 11 is 1.92. The molecule has 1 saturated heterocycles. The molecule has 2 rings (SSSR count). The number of anilines is 1. The minimum absolute atomic E-state index is 0.312. The maximum Gasteiger partial charge on any atom is 0.223 e. The number of nitrogens with zero attached hydrogens (tertiary/aromatic N) is 3. The van der Waals surface area contributed by atoms with Crippen LogP contribution in [-0.4, -0.2) is 26.5 Å². The van der Waals surface area contributed by atoms with E-state index < -0.39 is 0 Å². The molecule has 0 spiro atoms. The Labute approximate surface area is 87.7 Å². The van der Waals surface area contributed by atoms with Crippen LogP contribution in [0.3, 0.4) is 0 Å². The average Bonchev–Trinajstić information content (AvgIpc) is 1.99. The Morgan fingerprint density at radius 2 is 2.00 bits per heavy atom. The zero-order chi connectivity index (χ0) is 10.1. The van der Waals surface area contributed by atoms with E-state index >= 15 is 0 Å². The van der Waals surface area contributed by atoms with Gasteiger partial charge in [0.2, 0.25) is 5.95 Å². The molecule has 4 nitrogen and oxygen atoms in total. The summed E-state index contributed by atoms with van der Waals surface area (Å²) in [6, 6.07) is 0. The molecular weight excluding hydrogens is 196 g/mol. The zero-order valence-corrected chi connectivity index (χ0v) is 9.21. The summed E-state index contributed by atoms with van der Waals surface area (Å²) in [7, 11) is 0. The van der Waals surface area contributed by atoms with Crippen molar-refractivity contribution < 1.29 is 0 Å². The van der Waals surface area contributed by atoms with Crippen LogP contribution >= 0.6 is 11.8 Å². The molecule has 1 aliphatic heterocycles. The molecule has 0 radical (unpaired) electrons. The van der Waals surface area contributed by atoms with Gasteiger partial charge in [-0.25, -0.2) is 4.98 Å². The van der Waals surface area contributed by atoms with Crippen LogP contribution in [0.1, 0.15) is 37.3 Å². The molecule has 0 aliphatic carbocycles. The molecule has 1 aromatic heterocycles. The van der Waals surface area contributed by atoms with Crippen molar-refractivity contribution in [2.45, 2.75) is 25.7 Å². The van der Waals surface area contributed by atoms with Gasteiger partial charge in [-0.05, 0) is 0 Å². The maximum absolute atomic E-state index is 5.64. The minimum Gasteiger partial charge on any atom is -0.368 e. The van der Waals surface area contributed by atoms with Crippen LogP contribution in [0.25, 0.3) is 0 Å². The maximum atomic E-state index is 5.64. The first-order valence-electron chi connectivity index (χ1n) is 4.76. The Balaban J connectivity index is 2.30. The lowest BCUT2D eigenvalue weighted by atomic mass is 10.1. The molecule has 1 aromatic rings. The van der Waals surface area contributed by atoms with Gasteiger partial charge in [0.1, 0.15) is 11.6 Å². The van der Waals surface area contributed by atoms with Crippen molar-refractivity contribution in [2.75, 3.05) is 17.2 Å². The smallest absolute Gasteiger partial charge is 0.223 e. The quantitative estimate of drug-likeness (QED) is 0.799. The summed E-state index contributed by atoms with van der Waals surface area (Å²) in [5.41, 5.74) is 5.64. The Morgan fingerprint density at radius 1 is 1.29 bits per heavy atom. The number of thioether (sulfide) groups is 1. The number of hydrogen-bond acceptors (Lipinski definition) is 5. The van der Waals surface area contributed by atoms with Crippen molar-refractivity contribution in [3.05, 3.63) is 11.6 Å². The fraction of sp³-hybridized carbons (Fsp3) is 0.667. The number of rotatable bonds is 2. The molecular formula is C9H14N4S. The van der Waals surface area contributed by atoms with Gasteiger partial charge in [-0.3, -0.25) is 0 Å². The molecule has 1 aliphatic rings. The molecule has 2 N–H and O–H groups in total. The van der Waals surface area contributed by atoms with E-state index in [2.05, 4.69) is 28.8 Å². The van der Waals surface area contributed by atoms with E-state index in [0.717, 1.165) is 23.2 Å². The molecule has 76 valence electrons. The molecule has 0 saturated carbocycles. The van der Waals surface area contributed by atoms with E-state index in [0.29, 0.717) is 17.8 Å². The highest BCUT2D eigenvalue weighted by Gasteiger charge is 2.24. The van der Waals surface area contributed by atoms with Crippen LogP contribution in [0, 0.1) is 0 Å². The van der Waals surface area contributed by atoms with Gasteiger partial charge >= 0.3 is 0 Å². The Hall–Kier alpha value is -0.840. The van der Waals surface area contributed by atoms with Gasteiger partial charge in [0.15, 0.2) is 0 Å². The summed E-state index contributed by atoms with van der Waals surface area (Å²) < 4.78 is 0. The van der Waals surface area contributed by atoms with Crippen molar-refractivity contribution in [3.8, 4) is 0 Å². The van der Waals surface area contributed by atoms with E-state index in [9.17, 15) is 0 Å². The highest BCUT2D eigenvalue weighted by atomic mass is 32.2. The molecule has 0 unspecified atom stereocenters. The monoisotopic (exact) mass is 210 g/mol. The topological polar surface area (TPSA) is 64.7 Å². The summed E-state index contributed by atoms with van der Waals surface area (Å²) in [6.07, 6.45) is 0. The molecule has 0 bridgehead atoms. The number of nitrogen functional groups attached to an aromatic ring is 1. The predicted octanol–water partition coefficient (Wildman–Crippen LogP) is 1.41. The number of nitrogens with two attached hydrogens (primary N) is 1. The van der Waals surface area contributed by atoms with Gasteiger partial charge < -0.3 is 5.73 Å². The number of hydrogen-bond donors (Lipinski definition) is 1. The van der Waals surface area contributed by atoms with Crippen LogP contribution in [0.2, 0.25) is 0 Å². The molecule has 1 fully saturated rings. The van der Waals surface area contributed by atoms with Gasteiger partial charge in [0.05, 0.1) is 0 Å². The van der Waals surface area contributed by atoms with Crippen molar-refractivity contribution in [2.24, 2.45) is 0 Å². The summed E-state index contributed by atoms with van der Waals surface area (Å²) in [5, 5.41) is 0. The van der Waals surface area contributed by atoms with Crippen LogP contribution in [-0.2, 0) is 0 Å². The van der Waals surface area contributed by atoms with Gasteiger partial charge in [0, 0.05) is 23.3 Å². The molecule has 0 atom stereocenters. The van der Waals surface area contributed by atoms with Crippen LogP contribution < -0.4 is 5.73 Å². The van der Waals surface area contributed by atoms with Crippen LogP contribution in [0.15, 0.2) is 0 Å². The molecule has 2 heterocycles. The van der Waals surface area contributed by atoms with Crippen LogP contribution in [0.5, 0.6) is 0 Å². The van der Waals surface area contributed by atoms with E-state index in [1.165, 1.54) is 0 Å². The Kier molecular flexibility index (Phi) is 2.58. The lowest BCUT2D eigenvalue weighted by Gasteiger charge is -2.23.